The monoisotopic (exact) mass is 363 g/mol. The normalized spacial score (nSPS) is 13.0. The molecule has 0 aliphatic rings. The molecule has 0 spiro atoms. The number of benzene rings is 2. The number of methoxy groups -OCH3 is 2. The first kappa shape index (κ1) is 19.1. The molecule has 2 rings (SSSR count). The van der Waals surface area contributed by atoms with Gasteiger partial charge < -0.3 is 14.8 Å². The van der Waals surface area contributed by atoms with E-state index in [1.54, 1.807) is 26.4 Å². The second kappa shape index (κ2) is 8.76. The molecule has 4 nitrogen and oxygen atoms in total. The molecule has 1 N–H and O–H groups in total. The largest absolute Gasteiger partial charge is 0.493 e. The van der Waals surface area contributed by atoms with E-state index >= 15 is 0 Å². The highest BCUT2D eigenvalue weighted by Gasteiger charge is 2.18. The summed E-state index contributed by atoms with van der Waals surface area (Å²) < 4.78 is 23.5. The van der Waals surface area contributed by atoms with E-state index in [0.717, 1.165) is 10.5 Å². The molecule has 134 valence electrons. The number of ether oxygens (including phenoxy) is 2. The number of nitrogens with one attached hydrogen (secondary N) is 1. The molecule has 0 aromatic heterocycles. The summed E-state index contributed by atoms with van der Waals surface area (Å²) in [5.74, 6) is 0.893. The Morgan fingerprint density at radius 1 is 1.04 bits per heavy atom. The maximum atomic E-state index is 13.0. The van der Waals surface area contributed by atoms with Gasteiger partial charge in [-0.25, -0.2) is 4.39 Å². The third-order valence-corrected chi connectivity index (χ3v) is 4.86. The van der Waals surface area contributed by atoms with Crippen LogP contribution in [0.1, 0.15) is 25.5 Å². The standard InChI is InChI=1S/C19H22FNO3S/c1-12(14-5-7-15(20)8-6-14)21-19(22)13(2)25-16-9-10-17(23-3)18(11-16)24-4/h5-13H,1-4H3,(H,21,22)/t12-,13+/m1/s1. The molecule has 0 fully saturated rings. The minimum atomic E-state index is -0.292. The van der Waals surface area contributed by atoms with E-state index in [1.165, 1.54) is 23.9 Å². The van der Waals surface area contributed by atoms with Gasteiger partial charge in [0.1, 0.15) is 5.82 Å². The zero-order chi connectivity index (χ0) is 18.4. The molecular formula is C19H22FNO3S. The molecule has 0 bridgehead atoms. The van der Waals surface area contributed by atoms with Gasteiger partial charge in [0.15, 0.2) is 11.5 Å². The molecule has 1 amide bonds. The molecule has 0 aliphatic heterocycles. The van der Waals surface area contributed by atoms with Crippen LogP contribution in [0.25, 0.3) is 0 Å². The third kappa shape index (κ3) is 5.13. The SMILES string of the molecule is COc1ccc(S[C@@H](C)C(=O)N[C@H](C)c2ccc(F)cc2)cc1OC. The highest BCUT2D eigenvalue weighted by Crippen LogP contribution is 2.33. The molecule has 0 unspecified atom stereocenters. The van der Waals surface area contributed by atoms with Crippen LogP contribution in [-0.2, 0) is 4.79 Å². The van der Waals surface area contributed by atoms with Crippen molar-refractivity contribution < 1.29 is 18.7 Å². The Bertz CT molecular complexity index is 721. The lowest BCUT2D eigenvalue weighted by atomic mass is 10.1. The number of rotatable bonds is 7. The van der Waals surface area contributed by atoms with Crippen LogP contribution in [0.2, 0.25) is 0 Å². The average Bonchev–Trinajstić information content (AvgIpc) is 2.61. The first-order valence-corrected chi connectivity index (χ1v) is 8.77. The number of hydrogen-bond acceptors (Lipinski definition) is 4. The fourth-order valence-corrected chi connectivity index (χ4v) is 3.22. The highest BCUT2D eigenvalue weighted by molar-refractivity contribution is 8.00. The van der Waals surface area contributed by atoms with Crippen LogP contribution in [0.4, 0.5) is 4.39 Å². The van der Waals surface area contributed by atoms with Gasteiger partial charge in [-0.3, -0.25) is 4.79 Å². The van der Waals surface area contributed by atoms with Crippen molar-refractivity contribution >= 4 is 17.7 Å². The quantitative estimate of drug-likeness (QED) is 0.749. The van der Waals surface area contributed by atoms with Gasteiger partial charge in [0.25, 0.3) is 0 Å². The lowest BCUT2D eigenvalue weighted by Gasteiger charge is -2.18. The van der Waals surface area contributed by atoms with Crippen LogP contribution in [0.15, 0.2) is 47.4 Å². The molecule has 2 atom stereocenters. The van der Waals surface area contributed by atoms with E-state index in [-0.39, 0.29) is 23.0 Å². The van der Waals surface area contributed by atoms with E-state index in [9.17, 15) is 9.18 Å². The number of thioether (sulfide) groups is 1. The van der Waals surface area contributed by atoms with E-state index < -0.39 is 0 Å². The molecule has 0 radical (unpaired) electrons. The number of carbonyl (C=O) groups is 1. The summed E-state index contributed by atoms with van der Waals surface area (Å²) in [5.41, 5.74) is 0.859. The predicted octanol–water partition coefficient (Wildman–Crippen LogP) is 4.20. The summed E-state index contributed by atoms with van der Waals surface area (Å²) in [6.07, 6.45) is 0. The molecular weight excluding hydrogens is 341 g/mol. The molecule has 6 heteroatoms. The van der Waals surface area contributed by atoms with Crippen molar-refractivity contribution in [3.05, 3.63) is 53.8 Å². The van der Waals surface area contributed by atoms with Crippen LogP contribution in [0.5, 0.6) is 11.5 Å². The zero-order valence-electron chi connectivity index (χ0n) is 14.7. The van der Waals surface area contributed by atoms with Gasteiger partial charge in [-0.15, -0.1) is 11.8 Å². The Hall–Kier alpha value is -2.21. The predicted molar refractivity (Wildman–Crippen MR) is 97.8 cm³/mol. The molecule has 2 aromatic rings. The maximum Gasteiger partial charge on any atom is 0.233 e. The Kier molecular flexibility index (Phi) is 6.70. The van der Waals surface area contributed by atoms with Crippen molar-refractivity contribution in [3.63, 3.8) is 0 Å². The lowest BCUT2D eigenvalue weighted by Crippen LogP contribution is -2.33. The van der Waals surface area contributed by atoms with E-state index in [4.69, 9.17) is 9.47 Å². The second-order valence-electron chi connectivity index (χ2n) is 5.56. The van der Waals surface area contributed by atoms with Gasteiger partial charge in [-0.2, -0.15) is 0 Å². The van der Waals surface area contributed by atoms with E-state index in [1.807, 2.05) is 32.0 Å². The van der Waals surface area contributed by atoms with Crippen molar-refractivity contribution in [3.8, 4) is 11.5 Å². The molecule has 0 saturated heterocycles. The van der Waals surface area contributed by atoms with Crippen LogP contribution in [-0.4, -0.2) is 25.4 Å². The summed E-state index contributed by atoms with van der Waals surface area (Å²) in [7, 11) is 3.16. The summed E-state index contributed by atoms with van der Waals surface area (Å²) in [6.45, 7) is 3.72. The van der Waals surface area contributed by atoms with Crippen molar-refractivity contribution in [2.45, 2.75) is 30.0 Å². The van der Waals surface area contributed by atoms with Crippen LogP contribution < -0.4 is 14.8 Å². The van der Waals surface area contributed by atoms with Gasteiger partial charge in [0.05, 0.1) is 25.5 Å². The summed E-state index contributed by atoms with van der Waals surface area (Å²) in [5, 5.41) is 2.66. The number of hydrogen-bond donors (Lipinski definition) is 1. The zero-order valence-corrected chi connectivity index (χ0v) is 15.5. The fourth-order valence-electron chi connectivity index (χ4n) is 2.31. The topological polar surface area (TPSA) is 47.6 Å². The first-order valence-electron chi connectivity index (χ1n) is 7.89. The van der Waals surface area contributed by atoms with Gasteiger partial charge in [0, 0.05) is 4.90 Å². The molecule has 0 saturated carbocycles. The number of amides is 1. The third-order valence-electron chi connectivity index (χ3n) is 3.77. The van der Waals surface area contributed by atoms with Crippen molar-refractivity contribution in [2.75, 3.05) is 14.2 Å². The smallest absolute Gasteiger partial charge is 0.233 e. The molecule has 25 heavy (non-hydrogen) atoms. The summed E-state index contributed by atoms with van der Waals surface area (Å²) in [6, 6.07) is 11.5. The van der Waals surface area contributed by atoms with Gasteiger partial charge in [-0.1, -0.05) is 12.1 Å². The van der Waals surface area contributed by atoms with Gasteiger partial charge in [0.2, 0.25) is 5.91 Å². The van der Waals surface area contributed by atoms with Crippen LogP contribution in [0.3, 0.4) is 0 Å². The highest BCUT2D eigenvalue weighted by atomic mass is 32.2. The van der Waals surface area contributed by atoms with Gasteiger partial charge >= 0.3 is 0 Å². The van der Waals surface area contributed by atoms with Crippen molar-refractivity contribution in [1.82, 2.24) is 5.32 Å². The van der Waals surface area contributed by atoms with Crippen molar-refractivity contribution in [1.29, 1.82) is 0 Å². The Morgan fingerprint density at radius 3 is 2.28 bits per heavy atom. The Morgan fingerprint density at radius 2 is 1.68 bits per heavy atom. The van der Waals surface area contributed by atoms with Crippen LogP contribution >= 0.6 is 11.8 Å². The van der Waals surface area contributed by atoms with Crippen LogP contribution in [0, 0.1) is 5.82 Å². The first-order chi connectivity index (χ1) is 11.9. The Labute approximate surface area is 151 Å². The minimum absolute atomic E-state index is 0.0865. The van der Waals surface area contributed by atoms with E-state index in [2.05, 4.69) is 5.32 Å². The molecule has 2 aromatic carbocycles. The lowest BCUT2D eigenvalue weighted by molar-refractivity contribution is -0.120. The average molecular weight is 363 g/mol. The van der Waals surface area contributed by atoms with E-state index in [0.29, 0.717) is 11.5 Å². The summed E-state index contributed by atoms with van der Waals surface area (Å²) in [4.78, 5) is 13.3. The number of halogens is 1. The second-order valence-corrected chi connectivity index (χ2v) is 6.97. The fraction of sp³-hybridized carbons (Fsp3) is 0.316. The Balaban J connectivity index is 1.99. The minimum Gasteiger partial charge on any atom is -0.493 e. The summed E-state index contributed by atoms with van der Waals surface area (Å²) >= 11 is 1.43. The molecule has 0 heterocycles. The molecule has 0 aliphatic carbocycles. The maximum absolute atomic E-state index is 13.0. The van der Waals surface area contributed by atoms with Gasteiger partial charge in [-0.05, 0) is 49.7 Å². The van der Waals surface area contributed by atoms with Crippen molar-refractivity contribution in [2.24, 2.45) is 0 Å². The number of carbonyl (C=O) groups excluding carboxylic acids is 1.